The largest absolute Gasteiger partial charge is 0.383 e. The van der Waals surface area contributed by atoms with Gasteiger partial charge in [-0.15, -0.1) is 10.2 Å². The first kappa shape index (κ1) is 11.0. The molecule has 16 heavy (non-hydrogen) atoms. The van der Waals surface area contributed by atoms with Crippen LogP contribution in [0.4, 0.5) is 0 Å². The van der Waals surface area contributed by atoms with Gasteiger partial charge < -0.3 is 9.30 Å². The van der Waals surface area contributed by atoms with Gasteiger partial charge in [-0.2, -0.15) is 0 Å². The van der Waals surface area contributed by atoms with E-state index in [-0.39, 0.29) is 0 Å². The normalized spacial score (nSPS) is 10.6. The molecule has 84 valence electrons. The first-order chi connectivity index (χ1) is 7.81. The first-order valence-corrected chi connectivity index (χ1v) is 5.17. The summed E-state index contributed by atoms with van der Waals surface area (Å²) in [5, 5.41) is 8.48. The Bertz CT molecular complexity index is 454. The molecule has 0 aliphatic carbocycles. The van der Waals surface area contributed by atoms with Crippen LogP contribution in [-0.2, 0) is 11.3 Å². The van der Waals surface area contributed by atoms with Crippen LogP contribution < -0.4 is 0 Å². The summed E-state index contributed by atoms with van der Waals surface area (Å²) in [5.74, 6) is 0.716. The van der Waals surface area contributed by atoms with Gasteiger partial charge in [-0.25, -0.2) is 0 Å². The number of hydrogen-bond acceptors (Lipinski definition) is 4. The molecule has 2 rings (SSSR count). The van der Waals surface area contributed by atoms with E-state index in [0.717, 1.165) is 5.69 Å². The summed E-state index contributed by atoms with van der Waals surface area (Å²) in [7, 11) is 1.66. The molecule has 0 bridgehead atoms. The van der Waals surface area contributed by atoms with E-state index in [0.29, 0.717) is 24.0 Å². The van der Waals surface area contributed by atoms with Gasteiger partial charge in [0.25, 0.3) is 0 Å². The van der Waals surface area contributed by atoms with Gasteiger partial charge >= 0.3 is 0 Å². The Kier molecular flexibility index (Phi) is 3.48. The summed E-state index contributed by atoms with van der Waals surface area (Å²) >= 11 is 5.77. The van der Waals surface area contributed by atoms with Crippen LogP contribution in [0.3, 0.4) is 0 Å². The van der Waals surface area contributed by atoms with Crippen LogP contribution in [0.1, 0.15) is 0 Å². The summed E-state index contributed by atoms with van der Waals surface area (Å²) in [4.78, 5) is 4.19. The van der Waals surface area contributed by atoms with E-state index >= 15 is 0 Å². The topological polar surface area (TPSA) is 52.8 Å². The highest BCUT2D eigenvalue weighted by molar-refractivity contribution is 6.30. The second kappa shape index (κ2) is 5.05. The van der Waals surface area contributed by atoms with Crippen LogP contribution in [0.5, 0.6) is 0 Å². The molecule has 0 fully saturated rings. The minimum absolute atomic E-state index is 0.603. The Balaban J connectivity index is 2.26. The van der Waals surface area contributed by atoms with E-state index in [2.05, 4.69) is 15.2 Å². The van der Waals surface area contributed by atoms with Crippen molar-refractivity contribution in [2.75, 3.05) is 13.7 Å². The molecule has 0 saturated heterocycles. The first-order valence-electron chi connectivity index (χ1n) is 4.80. The monoisotopic (exact) mass is 238 g/mol. The molecule has 0 spiro atoms. The van der Waals surface area contributed by atoms with Crippen molar-refractivity contribution in [3.8, 4) is 11.5 Å². The lowest BCUT2D eigenvalue weighted by Crippen LogP contribution is -2.05. The number of pyridine rings is 1. The molecule has 6 heteroatoms. The van der Waals surface area contributed by atoms with Gasteiger partial charge in [-0.3, -0.25) is 4.98 Å². The molecule has 2 aromatic rings. The highest BCUT2D eigenvalue weighted by Gasteiger charge is 2.07. The molecule has 0 aromatic carbocycles. The van der Waals surface area contributed by atoms with Crippen molar-refractivity contribution in [2.45, 2.75) is 6.54 Å². The molecule has 0 unspecified atom stereocenters. The summed E-state index contributed by atoms with van der Waals surface area (Å²) in [6.07, 6.45) is 3.25. The summed E-state index contributed by atoms with van der Waals surface area (Å²) in [6, 6.07) is 3.59. The van der Waals surface area contributed by atoms with E-state index in [1.165, 1.54) is 0 Å². The second-order valence-corrected chi connectivity index (χ2v) is 3.64. The van der Waals surface area contributed by atoms with Crippen molar-refractivity contribution in [3.63, 3.8) is 0 Å². The minimum atomic E-state index is 0.603. The number of methoxy groups -OCH3 is 1. The Morgan fingerprint density at radius 3 is 3.00 bits per heavy atom. The van der Waals surface area contributed by atoms with Crippen molar-refractivity contribution in [2.24, 2.45) is 0 Å². The molecule has 0 amide bonds. The molecule has 2 aromatic heterocycles. The minimum Gasteiger partial charge on any atom is -0.383 e. The third-order valence-electron chi connectivity index (χ3n) is 2.11. The van der Waals surface area contributed by atoms with Crippen LogP contribution in [-0.4, -0.2) is 33.5 Å². The molecule has 0 aliphatic rings. The summed E-state index contributed by atoms with van der Waals surface area (Å²) in [5.41, 5.74) is 0.748. The quantitative estimate of drug-likeness (QED) is 0.813. The third kappa shape index (κ3) is 2.37. The van der Waals surface area contributed by atoms with Crippen LogP contribution >= 0.6 is 11.6 Å². The van der Waals surface area contributed by atoms with E-state index in [1.807, 2.05) is 10.6 Å². The number of rotatable bonds is 4. The van der Waals surface area contributed by atoms with Gasteiger partial charge in [0.1, 0.15) is 12.0 Å². The van der Waals surface area contributed by atoms with Crippen molar-refractivity contribution in [1.29, 1.82) is 0 Å². The number of nitrogens with zero attached hydrogens (tertiary/aromatic N) is 4. The van der Waals surface area contributed by atoms with Crippen molar-refractivity contribution < 1.29 is 4.74 Å². The highest BCUT2D eigenvalue weighted by Crippen LogP contribution is 2.15. The van der Waals surface area contributed by atoms with Gasteiger partial charge in [-0.05, 0) is 12.1 Å². The lowest BCUT2D eigenvalue weighted by Gasteiger charge is -2.04. The lowest BCUT2D eigenvalue weighted by atomic mass is 10.3. The molecule has 0 saturated carbocycles. The molecule has 0 aliphatic heterocycles. The number of hydrogen-bond donors (Lipinski definition) is 0. The van der Waals surface area contributed by atoms with Gasteiger partial charge in [0.05, 0.1) is 11.6 Å². The zero-order chi connectivity index (χ0) is 11.4. The molecule has 2 heterocycles. The average molecular weight is 239 g/mol. The lowest BCUT2D eigenvalue weighted by molar-refractivity contribution is 0.187. The standard InChI is InChI=1S/C10H11ClN4O/c1-16-5-4-15-7-13-14-10(15)9-3-2-8(11)6-12-9/h2-3,6-7H,4-5H2,1H3. The fourth-order valence-electron chi connectivity index (χ4n) is 1.31. The van der Waals surface area contributed by atoms with E-state index in [1.54, 1.807) is 25.7 Å². The molecule has 5 nitrogen and oxygen atoms in total. The molecule has 0 N–H and O–H groups in total. The predicted molar refractivity (Wildman–Crippen MR) is 60.1 cm³/mol. The fraction of sp³-hybridized carbons (Fsp3) is 0.300. The zero-order valence-corrected chi connectivity index (χ0v) is 9.55. The average Bonchev–Trinajstić information content (AvgIpc) is 2.75. The van der Waals surface area contributed by atoms with Crippen LogP contribution in [0.15, 0.2) is 24.7 Å². The van der Waals surface area contributed by atoms with Crippen molar-refractivity contribution in [1.82, 2.24) is 19.7 Å². The molecule has 0 radical (unpaired) electrons. The molecule has 0 atom stereocenters. The van der Waals surface area contributed by atoms with Gasteiger partial charge in [0, 0.05) is 19.9 Å². The van der Waals surface area contributed by atoms with Gasteiger partial charge in [0.15, 0.2) is 5.82 Å². The summed E-state index contributed by atoms with van der Waals surface area (Å²) in [6.45, 7) is 1.31. The second-order valence-electron chi connectivity index (χ2n) is 3.20. The van der Waals surface area contributed by atoms with Crippen molar-refractivity contribution >= 4 is 11.6 Å². The summed E-state index contributed by atoms with van der Waals surface area (Å²) < 4.78 is 6.90. The van der Waals surface area contributed by atoms with E-state index in [4.69, 9.17) is 16.3 Å². The smallest absolute Gasteiger partial charge is 0.182 e. The maximum atomic E-state index is 5.77. The van der Waals surface area contributed by atoms with E-state index < -0.39 is 0 Å². The van der Waals surface area contributed by atoms with Gasteiger partial charge in [-0.1, -0.05) is 11.6 Å². The van der Waals surface area contributed by atoms with E-state index in [9.17, 15) is 0 Å². The van der Waals surface area contributed by atoms with Crippen LogP contribution in [0.25, 0.3) is 11.5 Å². The SMILES string of the molecule is COCCn1cnnc1-c1ccc(Cl)cn1. The van der Waals surface area contributed by atoms with Crippen LogP contribution in [0, 0.1) is 0 Å². The number of halogens is 1. The number of ether oxygens (including phenoxy) is 1. The van der Waals surface area contributed by atoms with Crippen molar-refractivity contribution in [3.05, 3.63) is 29.7 Å². The number of aromatic nitrogens is 4. The maximum absolute atomic E-state index is 5.77. The Hall–Kier alpha value is -1.46. The Morgan fingerprint density at radius 2 is 2.31 bits per heavy atom. The van der Waals surface area contributed by atoms with Crippen LogP contribution in [0.2, 0.25) is 5.02 Å². The third-order valence-corrected chi connectivity index (χ3v) is 2.33. The maximum Gasteiger partial charge on any atom is 0.182 e. The zero-order valence-electron chi connectivity index (χ0n) is 8.80. The fourth-order valence-corrected chi connectivity index (χ4v) is 1.43. The predicted octanol–water partition coefficient (Wildman–Crippen LogP) is 1.64. The molecular formula is C10H11ClN4O. The Morgan fingerprint density at radius 1 is 1.44 bits per heavy atom. The molecular weight excluding hydrogens is 228 g/mol. The Labute approximate surface area is 98.0 Å². The van der Waals surface area contributed by atoms with Gasteiger partial charge in [0.2, 0.25) is 0 Å². The highest BCUT2D eigenvalue weighted by atomic mass is 35.5.